The van der Waals surface area contributed by atoms with Crippen molar-refractivity contribution in [2.45, 2.75) is 52.4 Å². The van der Waals surface area contributed by atoms with E-state index in [1.54, 1.807) is 0 Å². The largest absolute Gasteiger partial charge is 0.696 e. The molecule has 2 aliphatic heterocycles. The van der Waals surface area contributed by atoms with Crippen LogP contribution in [0.1, 0.15) is 52.4 Å². The molecular weight excluding hydrogens is 376 g/mol. The van der Waals surface area contributed by atoms with Crippen molar-refractivity contribution in [3.8, 4) is 10.8 Å². The zero-order valence-corrected chi connectivity index (χ0v) is 16.7. The van der Waals surface area contributed by atoms with Gasteiger partial charge in [0.15, 0.2) is 0 Å². The molecule has 0 unspecified atom stereocenters. The van der Waals surface area contributed by atoms with Gasteiger partial charge in [-0.2, -0.15) is 0 Å². The number of hydrogen-bond acceptors (Lipinski definition) is 4. The van der Waals surface area contributed by atoms with E-state index in [1.165, 1.54) is 49.3 Å². The summed E-state index contributed by atoms with van der Waals surface area (Å²) in [6.07, 6.45) is 8.09. The second-order valence-corrected chi connectivity index (χ2v) is 5.59. The average molecular weight is 404 g/mol. The smallest absolute Gasteiger partial charge is 0 e. The van der Waals surface area contributed by atoms with Gasteiger partial charge in [-0.05, 0) is 11.8 Å². The standard InChI is InChI=1S/2C7H14N.2CHNS.Cu/c2*1-2-7-3-5-8-6-4-7;2*2-1-3;/h2*7H,2-6H2,1H3;2*3H;/q2*-1;;;/p-2. The van der Waals surface area contributed by atoms with Crippen molar-refractivity contribution < 1.29 is 17.1 Å². The third-order valence-corrected chi connectivity index (χ3v) is 3.94. The minimum atomic E-state index is 0. The molecule has 23 heavy (non-hydrogen) atoms. The molecule has 2 aliphatic rings. The SMILES string of the molecule is CCC1CC[N-]CC1.CCC1CC[N-]CC1.N#C[S-].N#C[S-].[Cu]. The number of nitriles is 2. The minimum absolute atomic E-state index is 0. The molecule has 0 bridgehead atoms. The molecule has 0 atom stereocenters. The van der Waals surface area contributed by atoms with Crippen LogP contribution >= 0.6 is 0 Å². The maximum Gasteiger partial charge on any atom is 0 e. The van der Waals surface area contributed by atoms with Crippen LogP contribution in [0.25, 0.3) is 10.6 Å². The maximum absolute atomic E-state index is 7.13. The Kier molecular flexibility index (Phi) is 29.0. The predicted octanol–water partition coefficient (Wildman–Crippen LogP) is 4.39. The van der Waals surface area contributed by atoms with Gasteiger partial charge in [-0.15, -0.1) is 26.2 Å². The van der Waals surface area contributed by atoms with Crippen molar-refractivity contribution in [2.24, 2.45) is 11.8 Å². The first-order valence-corrected chi connectivity index (χ1v) is 8.80. The van der Waals surface area contributed by atoms with E-state index in [-0.39, 0.29) is 17.1 Å². The molecule has 2 saturated heterocycles. The van der Waals surface area contributed by atoms with Gasteiger partial charge >= 0.3 is 0 Å². The Balaban J connectivity index is -0.000000253. The van der Waals surface area contributed by atoms with Gasteiger partial charge in [0.2, 0.25) is 0 Å². The number of hydrogen-bond donors (Lipinski definition) is 0. The van der Waals surface area contributed by atoms with E-state index in [0.29, 0.717) is 0 Å². The van der Waals surface area contributed by atoms with Gasteiger partial charge in [-0.25, -0.2) is 10.5 Å². The van der Waals surface area contributed by atoms with Crippen LogP contribution in [0.4, 0.5) is 0 Å². The van der Waals surface area contributed by atoms with Gasteiger partial charge in [0.25, 0.3) is 0 Å². The van der Waals surface area contributed by atoms with Crippen LogP contribution in [-0.2, 0) is 42.3 Å². The Morgan fingerprint density at radius 1 is 0.783 bits per heavy atom. The van der Waals surface area contributed by atoms with Crippen LogP contribution in [0.5, 0.6) is 0 Å². The Hall–Kier alpha value is -0.141. The Morgan fingerprint density at radius 2 is 1.00 bits per heavy atom. The minimum Gasteiger partial charge on any atom is -0.696 e. The van der Waals surface area contributed by atoms with Crippen LogP contribution in [0, 0.1) is 33.2 Å². The van der Waals surface area contributed by atoms with E-state index in [4.69, 9.17) is 10.5 Å². The molecule has 0 N–H and O–H groups in total. The first-order chi connectivity index (χ1) is 10.7. The normalized spacial score (nSPS) is 17.0. The number of thiocyanates is 2. The van der Waals surface area contributed by atoms with Crippen molar-refractivity contribution in [3.63, 3.8) is 0 Å². The van der Waals surface area contributed by atoms with Crippen LogP contribution in [-0.4, -0.2) is 26.2 Å². The van der Waals surface area contributed by atoms with E-state index in [0.717, 1.165) is 38.0 Å². The van der Waals surface area contributed by atoms with E-state index in [1.807, 2.05) is 0 Å². The van der Waals surface area contributed by atoms with Crippen molar-refractivity contribution in [3.05, 3.63) is 10.6 Å². The van der Waals surface area contributed by atoms with Gasteiger partial charge in [0.1, 0.15) is 0 Å². The van der Waals surface area contributed by atoms with Crippen molar-refractivity contribution in [1.82, 2.24) is 0 Å². The number of nitrogens with zero attached hydrogens (tertiary/aromatic N) is 4. The van der Waals surface area contributed by atoms with E-state index >= 15 is 0 Å². The molecule has 2 heterocycles. The molecule has 0 aliphatic carbocycles. The van der Waals surface area contributed by atoms with Crippen LogP contribution in [0.3, 0.4) is 0 Å². The molecule has 4 nitrogen and oxygen atoms in total. The van der Waals surface area contributed by atoms with Crippen LogP contribution in [0.2, 0.25) is 0 Å². The molecule has 0 amide bonds. The van der Waals surface area contributed by atoms with Gasteiger partial charge in [0, 0.05) is 17.1 Å². The Morgan fingerprint density at radius 3 is 1.13 bits per heavy atom. The maximum atomic E-state index is 7.13. The van der Waals surface area contributed by atoms with E-state index in [9.17, 15) is 0 Å². The summed E-state index contributed by atoms with van der Waals surface area (Å²) in [5, 5.41) is 25.5. The molecule has 0 aromatic heterocycles. The van der Waals surface area contributed by atoms with Crippen LogP contribution in [0.15, 0.2) is 0 Å². The Bertz CT molecular complexity index is 263. The fraction of sp³-hybridized carbons (Fsp3) is 0.875. The molecule has 7 heteroatoms. The summed E-state index contributed by atoms with van der Waals surface area (Å²) in [5.74, 6) is 1.99. The fourth-order valence-corrected chi connectivity index (χ4v) is 2.42. The molecule has 0 aromatic rings. The molecular formula is C16H28CuN4S2-4. The molecule has 0 spiro atoms. The fourth-order valence-electron chi connectivity index (χ4n) is 2.42. The summed E-state index contributed by atoms with van der Waals surface area (Å²) < 4.78 is 0. The quantitative estimate of drug-likeness (QED) is 0.389. The third-order valence-electron chi connectivity index (χ3n) is 3.94. The second-order valence-electron chi connectivity index (χ2n) is 5.23. The van der Waals surface area contributed by atoms with Gasteiger partial charge in [0.05, 0.1) is 0 Å². The summed E-state index contributed by atoms with van der Waals surface area (Å²) in [5.41, 5.74) is 0. The van der Waals surface area contributed by atoms with Crippen LogP contribution < -0.4 is 0 Å². The molecule has 0 aromatic carbocycles. The molecule has 0 saturated carbocycles. The van der Waals surface area contributed by atoms with Crippen molar-refractivity contribution in [1.29, 1.82) is 10.5 Å². The number of rotatable bonds is 2. The first kappa shape index (κ1) is 27.7. The van der Waals surface area contributed by atoms with Crippen molar-refractivity contribution >= 4 is 25.3 Å². The Labute approximate surface area is 164 Å². The monoisotopic (exact) mass is 403 g/mol. The number of piperidine rings is 2. The second kappa shape index (κ2) is 24.1. The van der Waals surface area contributed by atoms with Gasteiger partial charge in [-0.1, -0.05) is 63.2 Å². The van der Waals surface area contributed by atoms with Gasteiger partial charge in [-0.3, -0.25) is 0 Å². The van der Waals surface area contributed by atoms with Crippen molar-refractivity contribution in [2.75, 3.05) is 26.2 Å². The third kappa shape index (κ3) is 21.9. The van der Waals surface area contributed by atoms with E-state index in [2.05, 4.69) is 49.7 Å². The average Bonchev–Trinajstić information content (AvgIpc) is 2.58. The zero-order chi connectivity index (χ0) is 17.1. The summed E-state index contributed by atoms with van der Waals surface area (Å²) in [6.45, 7) is 9.04. The molecule has 1 radical (unpaired) electrons. The predicted molar refractivity (Wildman–Crippen MR) is 98.2 cm³/mol. The van der Waals surface area contributed by atoms with E-state index < -0.39 is 0 Å². The van der Waals surface area contributed by atoms with Gasteiger partial charge < -0.3 is 35.9 Å². The molecule has 139 valence electrons. The topological polar surface area (TPSA) is 75.8 Å². The first-order valence-electron chi connectivity index (χ1n) is 7.98. The molecule has 2 rings (SSSR count). The summed E-state index contributed by atoms with van der Waals surface area (Å²) in [4.78, 5) is 0. The zero-order valence-electron chi connectivity index (χ0n) is 14.1. The summed E-state index contributed by atoms with van der Waals surface area (Å²) >= 11 is 7.40. The molecule has 2 fully saturated rings. The summed E-state index contributed by atoms with van der Waals surface area (Å²) in [7, 11) is 0. The summed E-state index contributed by atoms with van der Waals surface area (Å²) in [6, 6.07) is 0.